The first-order valence-corrected chi connectivity index (χ1v) is 9.48. The number of benzene rings is 2. The Bertz CT molecular complexity index is 924. The van der Waals surface area contributed by atoms with E-state index in [2.05, 4.69) is 15.4 Å². The van der Waals surface area contributed by atoms with Crippen molar-refractivity contribution < 1.29 is 18.0 Å². The average Bonchev–Trinajstić information content (AvgIpc) is 2.69. The number of hydrogen-bond acceptors (Lipinski definition) is 4. The Morgan fingerprint density at radius 2 is 1.86 bits per heavy atom. The molecule has 2 aromatic rings. The molecule has 0 radical (unpaired) electrons. The predicted molar refractivity (Wildman–Crippen MR) is 108 cm³/mol. The molecule has 5 nitrogen and oxygen atoms in total. The van der Waals surface area contributed by atoms with E-state index in [1.54, 1.807) is 12.1 Å². The molecule has 0 spiro atoms. The quantitative estimate of drug-likeness (QED) is 0.424. The molecule has 154 valence electrons. The lowest BCUT2D eigenvalue weighted by molar-refractivity contribution is -0.137. The number of nitrogens with zero attached hydrogens (tertiary/aromatic N) is 2. The standard InChI is InChI=1S/C20H20ClF3N4O/c21-17-6-4-13(10-16(17)20(22,23)24)12-26-27-19(29)15-11-14(5-7-18(15)25)28-8-2-1-3-9-28/h4-7,10-12H,1-3,8-9,25H2,(H,27,29)/b26-12+. The number of nitrogen functional groups attached to an aromatic ring is 1. The fourth-order valence-corrected chi connectivity index (χ4v) is 3.38. The van der Waals surface area contributed by atoms with Crippen molar-refractivity contribution >= 4 is 35.1 Å². The van der Waals surface area contributed by atoms with Gasteiger partial charge >= 0.3 is 6.18 Å². The summed E-state index contributed by atoms with van der Waals surface area (Å²) in [4.78, 5) is 14.6. The Morgan fingerprint density at radius 3 is 2.55 bits per heavy atom. The Kier molecular flexibility index (Phi) is 6.32. The van der Waals surface area contributed by atoms with Gasteiger partial charge in [0.1, 0.15) is 0 Å². The maximum atomic E-state index is 12.9. The second-order valence-corrected chi connectivity index (χ2v) is 7.16. The number of rotatable bonds is 4. The van der Waals surface area contributed by atoms with Gasteiger partial charge in [-0.3, -0.25) is 4.79 Å². The molecule has 3 rings (SSSR count). The van der Waals surface area contributed by atoms with Crippen LogP contribution in [-0.2, 0) is 6.18 Å². The van der Waals surface area contributed by atoms with Gasteiger partial charge in [0, 0.05) is 24.5 Å². The number of carbonyl (C=O) groups excluding carboxylic acids is 1. The zero-order valence-corrected chi connectivity index (χ0v) is 16.2. The maximum absolute atomic E-state index is 12.9. The average molecular weight is 425 g/mol. The first kappa shape index (κ1) is 21.0. The van der Waals surface area contributed by atoms with Crippen LogP contribution in [0.2, 0.25) is 5.02 Å². The number of alkyl halides is 3. The number of carbonyl (C=O) groups is 1. The van der Waals surface area contributed by atoms with E-state index in [-0.39, 0.29) is 11.1 Å². The zero-order chi connectivity index (χ0) is 21.0. The minimum absolute atomic E-state index is 0.150. The first-order valence-electron chi connectivity index (χ1n) is 9.10. The molecular formula is C20H20ClF3N4O. The van der Waals surface area contributed by atoms with Crippen LogP contribution in [0, 0.1) is 0 Å². The Hall–Kier alpha value is -2.74. The van der Waals surface area contributed by atoms with Gasteiger partial charge in [-0.25, -0.2) is 5.43 Å². The van der Waals surface area contributed by atoms with Crippen LogP contribution in [0.4, 0.5) is 24.5 Å². The zero-order valence-electron chi connectivity index (χ0n) is 15.5. The van der Waals surface area contributed by atoms with Gasteiger partial charge < -0.3 is 10.6 Å². The summed E-state index contributed by atoms with van der Waals surface area (Å²) in [6, 6.07) is 8.61. The fourth-order valence-electron chi connectivity index (χ4n) is 3.16. The van der Waals surface area contributed by atoms with Gasteiger partial charge in [-0.1, -0.05) is 17.7 Å². The Balaban J connectivity index is 1.72. The van der Waals surface area contributed by atoms with Gasteiger partial charge in [0.25, 0.3) is 5.91 Å². The lowest BCUT2D eigenvalue weighted by Gasteiger charge is -2.29. The van der Waals surface area contributed by atoms with E-state index < -0.39 is 22.7 Å². The SMILES string of the molecule is Nc1ccc(N2CCCCC2)cc1C(=O)N/N=C/c1ccc(Cl)c(C(F)(F)F)c1. The molecule has 1 aliphatic rings. The van der Waals surface area contributed by atoms with Crippen molar-refractivity contribution in [1.29, 1.82) is 0 Å². The summed E-state index contributed by atoms with van der Waals surface area (Å²) >= 11 is 5.59. The van der Waals surface area contributed by atoms with Crippen molar-refractivity contribution in [3.05, 3.63) is 58.1 Å². The number of piperidine rings is 1. The minimum Gasteiger partial charge on any atom is -0.398 e. The predicted octanol–water partition coefficient (Wildman–Crippen LogP) is 4.70. The molecule has 2 aromatic carbocycles. The molecule has 0 aliphatic carbocycles. The van der Waals surface area contributed by atoms with Gasteiger partial charge in [0.15, 0.2) is 0 Å². The highest BCUT2D eigenvalue weighted by Gasteiger charge is 2.33. The monoisotopic (exact) mass is 424 g/mol. The molecule has 1 fully saturated rings. The number of nitrogens with one attached hydrogen (secondary N) is 1. The van der Waals surface area contributed by atoms with Gasteiger partial charge in [-0.15, -0.1) is 0 Å². The summed E-state index contributed by atoms with van der Waals surface area (Å²) in [6.45, 7) is 1.84. The van der Waals surface area contributed by atoms with Crippen LogP contribution in [0.3, 0.4) is 0 Å². The maximum Gasteiger partial charge on any atom is 0.417 e. The van der Waals surface area contributed by atoms with Crippen LogP contribution in [0.25, 0.3) is 0 Å². The van der Waals surface area contributed by atoms with Gasteiger partial charge in [0.05, 0.1) is 22.4 Å². The van der Waals surface area contributed by atoms with Crippen LogP contribution in [0.1, 0.15) is 40.7 Å². The number of amides is 1. The molecule has 0 bridgehead atoms. The Morgan fingerprint density at radius 1 is 1.14 bits per heavy atom. The van der Waals surface area contributed by atoms with E-state index in [9.17, 15) is 18.0 Å². The van der Waals surface area contributed by atoms with Crippen LogP contribution in [0.5, 0.6) is 0 Å². The number of hydrogen-bond donors (Lipinski definition) is 2. The lowest BCUT2D eigenvalue weighted by Crippen LogP contribution is -2.29. The first-order chi connectivity index (χ1) is 13.8. The number of anilines is 2. The molecule has 1 saturated heterocycles. The molecule has 0 saturated carbocycles. The van der Waals surface area contributed by atoms with Crippen molar-refractivity contribution in [2.24, 2.45) is 5.10 Å². The third-order valence-electron chi connectivity index (χ3n) is 4.68. The van der Waals surface area contributed by atoms with E-state index in [0.29, 0.717) is 5.69 Å². The third-order valence-corrected chi connectivity index (χ3v) is 5.01. The van der Waals surface area contributed by atoms with E-state index in [1.807, 2.05) is 6.07 Å². The molecule has 9 heteroatoms. The summed E-state index contributed by atoms with van der Waals surface area (Å²) in [5, 5.41) is 3.35. The molecule has 1 heterocycles. The van der Waals surface area contributed by atoms with Crippen molar-refractivity contribution in [2.45, 2.75) is 25.4 Å². The van der Waals surface area contributed by atoms with Crippen LogP contribution in [-0.4, -0.2) is 25.2 Å². The summed E-state index contributed by atoms with van der Waals surface area (Å²) < 4.78 is 38.8. The molecular weight excluding hydrogens is 405 g/mol. The van der Waals surface area contributed by atoms with Gasteiger partial charge in [-0.05, 0) is 55.2 Å². The second-order valence-electron chi connectivity index (χ2n) is 6.76. The summed E-state index contributed by atoms with van der Waals surface area (Å²) in [6.07, 6.45) is -0.0790. The van der Waals surface area contributed by atoms with Crippen molar-refractivity contribution in [1.82, 2.24) is 5.43 Å². The number of halogens is 4. The largest absolute Gasteiger partial charge is 0.417 e. The molecule has 29 heavy (non-hydrogen) atoms. The van der Waals surface area contributed by atoms with Crippen molar-refractivity contribution in [2.75, 3.05) is 23.7 Å². The van der Waals surface area contributed by atoms with Crippen LogP contribution >= 0.6 is 11.6 Å². The van der Waals surface area contributed by atoms with E-state index >= 15 is 0 Å². The fraction of sp³-hybridized carbons (Fsp3) is 0.300. The highest BCUT2D eigenvalue weighted by molar-refractivity contribution is 6.31. The normalized spacial score (nSPS) is 15.0. The minimum atomic E-state index is -4.58. The van der Waals surface area contributed by atoms with E-state index in [4.69, 9.17) is 17.3 Å². The van der Waals surface area contributed by atoms with Crippen molar-refractivity contribution in [3.63, 3.8) is 0 Å². The molecule has 3 N–H and O–H groups in total. The van der Waals surface area contributed by atoms with Gasteiger partial charge in [0.2, 0.25) is 0 Å². The number of hydrazone groups is 1. The highest BCUT2D eigenvalue weighted by Crippen LogP contribution is 2.34. The smallest absolute Gasteiger partial charge is 0.398 e. The highest BCUT2D eigenvalue weighted by atomic mass is 35.5. The summed E-state index contributed by atoms with van der Waals surface area (Å²) in [5.41, 5.74) is 8.87. The Labute approximate surface area is 171 Å². The molecule has 1 amide bonds. The molecule has 0 aromatic heterocycles. The topological polar surface area (TPSA) is 70.7 Å². The van der Waals surface area contributed by atoms with Crippen LogP contribution in [0.15, 0.2) is 41.5 Å². The molecule has 0 atom stereocenters. The summed E-state index contributed by atoms with van der Waals surface area (Å²) in [5.74, 6) is -0.539. The van der Waals surface area contributed by atoms with Crippen molar-refractivity contribution in [3.8, 4) is 0 Å². The number of nitrogens with two attached hydrogens (primary N) is 1. The van der Waals surface area contributed by atoms with E-state index in [1.165, 1.54) is 12.5 Å². The van der Waals surface area contributed by atoms with Gasteiger partial charge in [-0.2, -0.15) is 18.3 Å². The molecule has 1 aliphatic heterocycles. The lowest BCUT2D eigenvalue weighted by atomic mass is 10.1. The summed E-state index contributed by atoms with van der Waals surface area (Å²) in [7, 11) is 0. The van der Waals surface area contributed by atoms with E-state index in [0.717, 1.165) is 50.0 Å². The second kappa shape index (κ2) is 8.73. The third kappa shape index (κ3) is 5.20. The van der Waals surface area contributed by atoms with Crippen LogP contribution < -0.4 is 16.1 Å². The molecule has 0 unspecified atom stereocenters.